The molecule has 3 aromatic rings. The van der Waals surface area contributed by atoms with Gasteiger partial charge in [-0.3, -0.25) is 14.4 Å². The summed E-state index contributed by atoms with van der Waals surface area (Å²) in [4.78, 5) is 20.9. The van der Waals surface area contributed by atoms with Crippen molar-refractivity contribution in [1.82, 2.24) is 24.6 Å². The van der Waals surface area contributed by atoms with E-state index in [2.05, 4.69) is 38.1 Å². The molecule has 0 aliphatic carbocycles. The van der Waals surface area contributed by atoms with Gasteiger partial charge in [0, 0.05) is 51.5 Å². The van der Waals surface area contributed by atoms with E-state index in [9.17, 15) is 4.79 Å². The highest BCUT2D eigenvalue weighted by molar-refractivity contribution is 5.93. The van der Waals surface area contributed by atoms with Crippen LogP contribution in [0.25, 0.3) is 0 Å². The van der Waals surface area contributed by atoms with Crippen LogP contribution in [0.3, 0.4) is 0 Å². The van der Waals surface area contributed by atoms with Crippen molar-refractivity contribution >= 4 is 5.91 Å². The van der Waals surface area contributed by atoms with E-state index in [4.69, 9.17) is 4.74 Å². The van der Waals surface area contributed by atoms with E-state index in [1.165, 1.54) is 11.3 Å². The van der Waals surface area contributed by atoms with E-state index in [0.717, 1.165) is 31.9 Å². The van der Waals surface area contributed by atoms with Crippen molar-refractivity contribution in [2.75, 3.05) is 26.7 Å². The van der Waals surface area contributed by atoms with Crippen LogP contribution in [0.1, 0.15) is 27.8 Å². The van der Waals surface area contributed by atoms with E-state index in [0.29, 0.717) is 17.5 Å². The molecule has 2 aliphatic rings. The summed E-state index contributed by atoms with van der Waals surface area (Å²) < 4.78 is 7.28. The number of nitrogens with one attached hydrogen (secondary N) is 1. The van der Waals surface area contributed by atoms with Crippen LogP contribution < -0.4 is 4.74 Å². The summed E-state index contributed by atoms with van der Waals surface area (Å²) in [5, 5.41) is 4.30. The minimum Gasteiger partial charge on any atom is -0.497 e. The number of fused-ring (bicyclic) bond motifs is 1. The second-order valence-corrected chi connectivity index (χ2v) is 8.32. The molecular weight excluding hydrogens is 378 g/mol. The van der Waals surface area contributed by atoms with Gasteiger partial charge in [0.15, 0.2) is 0 Å². The number of nitrogens with zero attached hydrogens (tertiary/aromatic N) is 4. The Hall–Kier alpha value is -3.06. The average Bonchev–Trinajstić information content (AvgIpc) is 3.53. The number of ether oxygens (including phenoxy) is 1. The summed E-state index contributed by atoms with van der Waals surface area (Å²) in [7, 11) is 3.66. The van der Waals surface area contributed by atoms with Crippen molar-refractivity contribution in [1.29, 1.82) is 0 Å². The van der Waals surface area contributed by atoms with Crippen LogP contribution in [-0.4, -0.2) is 57.2 Å². The lowest BCUT2D eigenvalue weighted by Crippen LogP contribution is -2.36. The fraction of sp³-hybridized carbons (Fsp3) is 0.391. The number of methoxy groups -OCH3 is 1. The second kappa shape index (κ2) is 7.65. The standard InChI is InChI=1S/C23H27N5O2/c1-26-18(9-11-25-26)14-27-12-17-13-28(23(29)21-4-3-10-24-21)22(20(17)15-27)16-5-7-19(30-2)8-6-16/h3-11,17,20,22,24H,12-15H2,1-2H3/t17-,20-,22-/m0/s1. The molecule has 7 heteroatoms. The predicted molar refractivity (Wildman–Crippen MR) is 113 cm³/mol. The van der Waals surface area contributed by atoms with Crippen LogP contribution >= 0.6 is 0 Å². The topological polar surface area (TPSA) is 66.4 Å². The number of benzene rings is 1. The lowest BCUT2D eigenvalue weighted by Gasteiger charge is -2.30. The Morgan fingerprint density at radius 2 is 2.00 bits per heavy atom. The van der Waals surface area contributed by atoms with E-state index in [1.54, 1.807) is 7.11 Å². The molecule has 30 heavy (non-hydrogen) atoms. The lowest BCUT2D eigenvalue weighted by atomic mass is 9.89. The number of hydrogen-bond donors (Lipinski definition) is 1. The van der Waals surface area contributed by atoms with Gasteiger partial charge in [-0.15, -0.1) is 0 Å². The Morgan fingerprint density at radius 3 is 2.67 bits per heavy atom. The number of aromatic amines is 1. The average molecular weight is 406 g/mol. The molecule has 2 saturated heterocycles. The number of carbonyl (C=O) groups excluding carboxylic acids is 1. The number of amides is 1. The largest absolute Gasteiger partial charge is 0.497 e. The van der Waals surface area contributed by atoms with Gasteiger partial charge in [0.2, 0.25) is 0 Å². The first kappa shape index (κ1) is 18.9. The predicted octanol–water partition coefficient (Wildman–Crippen LogP) is 2.70. The minimum atomic E-state index is 0.0632. The molecule has 2 aromatic heterocycles. The Kier molecular flexibility index (Phi) is 4.83. The fourth-order valence-corrected chi connectivity index (χ4v) is 5.11. The zero-order valence-electron chi connectivity index (χ0n) is 17.4. The molecule has 5 rings (SSSR count). The van der Waals surface area contributed by atoms with E-state index >= 15 is 0 Å². The Bertz CT molecular complexity index is 1010. The van der Waals surface area contributed by atoms with Crippen LogP contribution in [0.5, 0.6) is 5.75 Å². The molecule has 0 radical (unpaired) electrons. The summed E-state index contributed by atoms with van der Waals surface area (Å²) in [5.41, 5.74) is 3.04. The maximum Gasteiger partial charge on any atom is 0.270 e. The second-order valence-electron chi connectivity index (χ2n) is 8.32. The third-order valence-corrected chi connectivity index (χ3v) is 6.59. The van der Waals surface area contributed by atoms with Crippen molar-refractivity contribution in [3.8, 4) is 5.75 Å². The SMILES string of the molecule is COc1ccc([C@H]2[C@H]3CN(Cc4ccnn4C)C[C@H]3CN2C(=O)c2ccc[nH]2)cc1. The smallest absolute Gasteiger partial charge is 0.270 e. The van der Waals surface area contributed by atoms with Gasteiger partial charge in [-0.2, -0.15) is 5.10 Å². The summed E-state index contributed by atoms with van der Waals surface area (Å²) >= 11 is 0. The van der Waals surface area contributed by atoms with Gasteiger partial charge in [-0.05, 0) is 41.8 Å². The van der Waals surface area contributed by atoms with Crippen LogP contribution in [0.2, 0.25) is 0 Å². The highest BCUT2D eigenvalue weighted by Crippen LogP contribution is 2.46. The zero-order valence-corrected chi connectivity index (χ0v) is 17.4. The van der Waals surface area contributed by atoms with Crippen molar-refractivity contribution in [2.45, 2.75) is 12.6 Å². The summed E-state index contributed by atoms with van der Waals surface area (Å²) in [5.74, 6) is 1.78. The first-order chi connectivity index (χ1) is 14.6. The molecule has 4 heterocycles. The molecule has 1 N–H and O–H groups in total. The summed E-state index contributed by atoms with van der Waals surface area (Å²) in [6.45, 7) is 3.64. The number of carbonyl (C=O) groups is 1. The Balaban J connectivity index is 1.42. The Labute approximate surface area is 176 Å². The maximum absolute atomic E-state index is 13.3. The van der Waals surface area contributed by atoms with Crippen LogP contribution in [-0.2, 0) is 13.6 Å². The molecule has 1 aromatic carbocycles. The van der Waals surface area contributed by atoms with E-state index < -0.39 is 0 Å². The number of likely N-dealkylation sites (tertiary alicyclic amines) is 2. The summed E-state index contributed by atoms with van der Waals surface area (Å²) in [6.07, 6.45) is 3.66. The highest BCUT2D eigenvalue weighted by atomic mass is 16.5. The monoisotopic (exact) mass is 405 g/mol. The highest BCUT2D eigenvalue weighted by Gasteiger charge is 2.49. The molecule has 0 saturated carbocycles. The van der Waals surface area contributed by atoms with Gasteiger partial charge in [0.1, 0.15) is 11.4 Å². The zero-order chi connectivity index (χ0) is 20.7. The molecule has 3 atom stereocenters. The van der Waals surface area contributed by atoms with Crippen LogP contribution in [0.4, 0.5) is 0 Å². The van der Waals surface area contributed by atoms with Crippen molar-refractivity contribution in [3.63, 3.8) is 0 Å². The van der Waals surface area contributed by atoms with Crippen molar-refractivity contribution in [3.05, 3.63) is 71.8 Å². The molecule has 156 valence electrons. The number of H-pyrrole nitrogens is 1. The number of aryl methyl sites for hydroxylation is 1. The van der Waals surface area contributed by atoms with Crippen LogP contribution in [0, 0.1) is 11.8 Å². The molecule has 2 fully saturated rings. The molecule has 0 unspecified atom stereocenters. The van der Waals surface area contributed by atoms with Gasteiger partial charge >= 0.3 is 0 Å². The normalized spacial score (nSPS) is 23.7. The molecular formula is C23H27N5O2. The fourth-order valence-electron chi connectivity index (χ4n) is 5.11. The molecule has 1 amide bonds. The van der Waals surface area contributed by atoms with Gasteiger partial charge in [-0.1, -0.05) is 12.1 Å². The first-order valence-electron chi connectivity index (χ1n) is 10.4. The van der Waals surface area contributed by atoms with Gasteiger partial charge in [0.25, 0.3) is 5.91 Å². The number of aromatic nitrogens is 3. The third-order valence-electron chi connectivity index (χ3n) is 6.59. The van der Waals surface area contributed by atoms with Gasteiger partial charge < -0.3 is 14.6 Å². The summed E-state index contributed by atoms with van der Waals surface area (Å²) in [6, 6.07) is 14.1. The maximum atomic E-state index is 13.3. The molecule has 2 aliphatic heterocycles. The van der Waals surface area contributed by atoms with Crippen LogP contribution in [0.15, 0.2) is 54.9 Å². The molecule has 7 nitrogen and oxygen atoms in total. The van der Waals surface area contributed by atoms with Crippen molar-refractivity contribution < 1.29 is 9.53 Å². The minimum absolute atomic E-state index is 0.0632. The lowest BCUT2D eigenvalue weighted by molar-refractivity contribution is 0.0694. The van der Waals surface area contributed by atoms with Gasteiger partial charge in [0.05, 0.1) is 18.8 Å². The Morgan fingerprint density at radius 1 is 1.17 bits per heavy atom. The number of rotatable bonds is 5. The van der Waals surface area contributed by atoms with E-state index in [1.807, 2.05) is 48.4 Å². The molecule has 0 spiro atoms. The van der Waals surface area contributed by atoms with Gasteiger partial charge in [-0.25, -0.2) is 0 Å². The third kappa shape index (κ3) is 3.29. The van der Waals surface area contributed by atoms with E-state index in [-0.39, 0.29) is 11.9 Å². The van der Waals surface area contributed by atoms with Crippen molar-refractivity contribution in [2.24, 2.45) is 18.9 Å². The molecule has 0 bridgehead atoms. The number of hydrogen-bond acceptors (Lipinski definition) is 4. The quantitative estimate of drug-likeness (QED) is 0.709. The first-order valence-corrected chi connectivity index (χ1v) is 10.4.